The Morgan fingerprint density at radius 2 is 2.05 bits per heavy atom. The van der Waals surface area contributed by atoms with E-state index in [0.29, 0.717) is 0 Å². The largest absolute Gasteiger partial charge is 0.398 e. The second-order valence-corrected chi connectivity index (χ2v) is 5.97. The summed E-state index contributed by atoms with van der Waals surface area (Å²) in [7, 11) is 0. The van der Waals surface area contributed by atoms with Crippen molar-refractivity contribution in [3.8, 4) is 6.07 Å². The lowest BCUT2D eigenvalue weighted by Gasteiger charge is -2.32. The molecule has 2 aromatic carbocycles. The molecule has 21 heavy (non-hydrogen) atoms. The van der Waals surface area contributed by atoms with E-state index in [-0.39, 0.29) is 0 Å². The number of benzene rings is 2. The smallest absolute Gasteiger partial charge is 0.103 e. The molecule has 0 aliphatic carbocycles. The fourth-order valence-electron chi connectivity index (χ4n) is 2.91. The minimum atomic E-state index is 0.775. The summed E-state index contributed by atoms with van der Waals surface area (Å²) in [5.41, 5.74) is 11.3. The molecule has 2 aromatic rings. The van der Waals surface area contributed by atoms with Crippen LogP contribution in [0.3, 0.4) is 0 Å². The molecule has 0 aromatic heterocycles. The number of nitrogen functional groups attached to an aromatic ring is 1. The van der Waals surface area contributed by atoms with Crippen molar-refractivity contribution >= 4 is 23.1 Å². The van der Waals surface area contributed by atoms with Crippen LogP contribution >= 0.6 is 11.8 Å². The van der Waals surface area contributed by atoms with E-state index in [4.69, 9.17) is 5.73 Å². The number of hydrogen-bond acceptors (Lipinski definition) is 4. The lowest BCUT2D eigenvalue weighted by Crippen LogP contribution is -2.31. The van der Waals surface area contributed by atoms with Gasteiger partial charge in [-0.05, 0) is 42.0 Å². The number of hydrogen-bond donors (Lipinski definition) is 1. The Morgan fingerprint density at radius 3 is 2.81 bits per heavy atom. The number of thioether (sulfide) groups is 1. The van der Waals surface area contributed by atoms with Crippen LogP contribution in [0, 0.1) is 11.3 Å². The maximum absolute atomic E-state index is 9.49. The lowest BCUT2D eigenvalue weighted by molar-refractivity contribution is 0.731. The molecule has 0 spiro atoms. The molecule has 1 aliphatic rings. The van der Waals surface area contributed by atoms with Crippen molar-refractivity contribution in [3.05, 3.63) is 53.1 Å². The van der Waals surface area contributed by atoms with Gasteiger partial charge < -0.3 is 10.6 Å². The number of nitrogens with two attached hydrogens (primary N) is 1. The molecule has 1 heterocycles. The summed E-state index contributed by atoms with van der Waals surface area (Å²) in [5.74, 6) is 0. The van der Waals surface area contributed by atoms with Crippen molar-refractivity contribution < 1.29 is 0 Å². The summed E-state index contributed by atoms with van der Waals surface area (Å²) in [6, 6.07) is 14.5. The van der Waals surface area contributed by atoms with Crippen molar-refractivity contribution in [1.82, 2.24) is 0 Å². The summed E-state index contributed by atoms with van der Waals surface area (Å²) in [6.07, 6.45) is 2.93. The van der Waals surface area contributed by atoms with Gasteiger partial charge in [0.15, 0.2) is 0 Å². The minimum Gasteiger partial charge on any atom is -0.398 e. The quantitative estimate of drug-likeness (QED) is 0.681. The highest BCUT2D eigenvalue weighted by molar-refractivity contribution is 7.98. The Labute approximate surface area is 129 Å². The molecule has 0 bridgehead atoms. The third-order valence-corrected chi connectivity index (χ3v) is 4.76. The van der Waals surface area contributed by atoms with E-state index in [9.17, 15) is 5.26 Å². The van der Waals surface area contributed by atoms with Gasteiger partial charge in [-0.3, -0.25) is 0 Å². The van der Waals surface area contributed by atoms with Crippen molar-refractivity contribution in [3.63, 3.8) is 0 Å². The van der Waals surface area contributed by atoms with Crippen molar-refractivity contribution in [2.45, 2.75) is 17.9 Å². The molecule has 0 saturated heterocycles. The molecule has 3 rings (SSSR count). The van der Waals surface area contributed by atoms with Gasteiger partial charge in [0.1, 0.15) is 6.07 Å². The highest BCUT2D eigenvalue weighted by Gasteiger charge is 2.21. The molecular formula is C17H17N3S. The van der Waals surface area contributed by atoms with Gasteiger partial charge in [0.25, 0.3) is 0 Å². The van der Waals surface area contributed by atoms with Gasteiger partial charge in [-0.2, -0.15) is 5.26 Å². The van der Waals surface area contributed by atoms with E-state index < -0.39 is 0 Å². The first-order valence-electron chi connectivity index (χ1n) is 6.93. The van der Waals surface area contributed by atoms with Crippen LogP contribution < -0.4 is 10.6 Å². The number of nitriles is 1. The van der Waals surface area contributed by atoms with Gasteiger partial charge in [-0.15, -0.1) is 11.8 Å². The molecule has 0 atom stereocenters. The Bertz CT molecular complexity index is 718. The van der Waals surface area contributed by atoms with Crippen molar-refractivity contribution in [2.75, 3.05) is 23.4 Å². The van der Waals surface area contributed by atoms with Crippen LogP contribution in [0.4, 0.5) is 11.4 Å². The standard InChI is InChI=1S/C17H17N3S/c1-21-17-7-3-6-16(14(17)10-18)20-9-8-13-12(11-20)4-2-5-15(13)19/h2-7H,8-9,11,19H2,1H3. The van der Waals surface area contributed by atoms with Crippen LogP contribution in [0.15, 0.2) is 41.3 Å². The molecule has 0 saturated carbocycles. The third kappa shape index (κ3) is 2.45. The fraction of sp³-hybridized carbons (Fsp3) is 0.235. The molecule has 0 unspecified atom stereocenters. The summed E-state index contributed by atoms with van der Waals surface area (Å²) >= 11 is 1.62. The van der Waals surface area contributed by atoms with Crippen LogP contribution in [0.1, 0.15) is 16.7 Å². The SMILES string of the molecule is CSc1cccc(N2CCc3c(N)cccc3C2)c1C#N. The number of rotatable bonds is 2. The zero-order valence-corrected chi connectivity index (χ0v) is 12.8. The van der Waals surface area contributed by atoms with Crippen LogP contribution in [-0.2, 0) is 13.0 Å². The van der Waals surface area contributed by atoms with Gasteiger partial charge in [0, 0.05) is 23.7 Å². The first kappa shape index (κ1) is 13.8. The predicted molar refractivity (Wildman–Crippen MR) is 88.5 cm³/mol. The highest BCUT2D eigenvalue weighted by Crippen LogP contribution is 2.33. The van der Waals surface area contributed by atoms with E-state index in [0.717, 1.165) is 41.3 Å². The normalized spacial score (nSPS) is 13.6. The van der Waals surface area contributed by atoms with Crippen LogP contribution in [-0.4, -0.2) is 12.8 Å². The van der Waals surface area contributed by atoms with E-state index >= 15 is 0 Å². The molecule has 3 nitrogen and oxygen atoms in total. The topological polar surface area (TPSA) is 53.0 Å². The lowest BCUT2D eigenvalue weighted by atomic mass is 9.97. The first-order chi connectivity index (χ1) is 10.2. The zero-order valence-electron chi connectivity index (χ0n) is 12.0. The maximum atomic E-state index is 9.49. The number of nitrogens with zero attached hydrogens (tertiary/aromatic N) is 2. The Hall–Kier alpha value is -2.12. The number of anilines is 2. The molecule has 0 amide bonds. The van der Waals surface area contributed by atoms with Crippen molar-refractivity contribution in [2.24, 2.45) is 0 Å². The Balaban J connectivity index is 1.99. The fourth-order valence-corrected chi connectivity index (χ4v) is 3.48. The molecule has 0 fully saturated rings. The third-order valence-electron chi connectivity index (χ3n) is 3.98. The molecule has 2 N–H and O–H groups in total. The van der Waals surface area contributed by atoms with E-state index in [2.05, 4.69) is 17.0 Å². The maximum Gasteiger partial charge on any atom is 0.103 e. The summed E-state index contributed by atoms with van der Waals surface area (Å²) < 4.78 is 0. The second kappa shape index (κ2) is 5.71. The first-order valence-corrected chi connectivity index (χ1v) is 8.15. The highest BCUT2D eigenvalue weighted by atomic mass is 32.2. The van der Waals surface area contributed by atoms with Gasteiger partial charge in [-0.1, -0.05) is 18.2 Å². The van der Waals surface area contributed by atoms with E-state index in [1.165, 1.54) is 11.1 Å². The van der Waals surface area contributed by atoms with Crippen molar-refractivity contribution in [1.29, 1.82) is 5.26 Å². The van der Waals surface area contributed by atoms with Gasteiger partial charge >= 0.3 is 0 Å². The average molecular weight is 295 g/mol. The monoisotopic (exact) mass is 295 g/mol. The van der Waals surface area contributed by atoms with Crippen LogP contribution in [0.2, 0.25) is 0 Å². The predicted octanol–water partition coefficient (Wildman–Crippen LogP) is 3.43. The molecule has 106 valence electrons. The van der Waals surface area contributed by atoms with Crippen LogP contribution in [0.25, 0.3) is 0 Å². The molecule has 1 aliphatic heterocycles. The molecular weight excluding hydrogens is 278 g/mol. The Morgan fingerprint density at radius 1 is 1.24 bits per heavy atom. The van der Waals surface area contributed by atoms with E-state index in [1.807, 2.05) is 36.6 Å². The van der Waals surface area contributed by atoms with Gasteiger partial charge in [-0.25, -0.2) is 0 Å². The van der Waals surface area contributed by atoms with E-state index in [1.54, 1.807) is 11.8 Å². The second-order valence-electron chi connectivity index (χ2n) is 5.12. The summed E-state index contributed by atoms with van der Waals surface area (Å²) in [5, 5.41) is 9.49. The minimum absolute atomic E-state index is 0.775. The average Bonchev–Trinajstić information content (AvgIpc) is 2.53. The molecule has 4 heteroatoms. The summed E-state index contributed by atoms with van der Waals surface area (Å²) in [6.45, 7) is 1.71. The zero-order chi connectivity index (χ0) is 14.8. The molecule has 0 radical (unpaired) electrons. The number of fused-ring (bicyclic) bond motifs is 1. The summed E-state index contributed by atoms with van der Waals surface area (Å²) in [4.78, 5) is 3.31. The van der Waals surface area contributed by atoms with Gasteiger partial charge in [0.2, 0.25) is 0 Å². The van der Waals surface area contributed by atoms with Crippen LogP contribution in [0.5, 0.6) is 0 Å². The van der Waals surface area contributed by atoms with Gasteiger partial charge in [0.05, 0.1) is 11.3 Å². The Kier molecular flexibility index (Phi) is 3.76.